The van der Waals surface area contributed by atoms with E-state index in [2.05, 4.69) is 15.5 Å². The smallest absolute Gasteiger partial charge is 0.238 e. The molecule has 1 aliphatic rings. The number of amides is 1. The van der Waals surface area contributed by atoms with Gasteiger partial charge in [0.05, 0.1) is 19.3 Å². The number of carbonyl (C=O) groups excluding carboxylic acids is 1. The van der Waals surface area contributed by atoms with E-state index in [1.165, 1.54) is 0 Å². The van der Waals surface area contributed by atoms with Crippen LogP contribution in [0.25, 0.3) is 0 Å². The Labute approximate surface area is 171 Å². The Hall–Kier alpha value is -2.61. The molecule has 0 aliphatic carbocycles. The molecule has 1 heterocycles. The molecular formula is C22H29N3O4. The van der Waals surface area contributed by atoms with Gasteiger partial charge in [-0.3, -0.25) is 9.69 Å². The fourth-order valence-electron chi connectivity index (χ4n) is 3.56. The fourth-order valence-corrected chi connectivity index (χ4v) is 3.56. The van der Waals surface area contributed by atoms with Gasteiger partial charge in [0.1, 0.15) is 5.75 Å². The summed E-state index contributed by atoms with van der Waals surface area (Å²) in [6.45, 7) is 3.52. The van der Waals surface area contributed by atoms with Gasteiger partial charge in [-0.1, -0.05) is 12.1 Å². The van der Waals surface area contributed by atoms with Crippen LogP contribution in [0.2, 0.25) is 0 Å². The van der Waals surface area contributed by atoms with Crippen molar-refractivity contribution in [2.24, 2.45) is 0 Å². The van der Waals surface area contributed by atoms with Gasteiger partial charge in [-0.05, 0) is 55.7 Å². The predicted molar refractivity (Wildman–Crippen MR) is 113 cm³/mol. The maximum atomic E-state index is 12.3. The molecule has 1 unspecified atom stereocenters. The summed E-state index contributed by atoms with van der Waals surface area (Å²) in [6, 6.07) is 12.4. The third-order valence-electron chi connectivity index (χ3n) is 5.25. The highest BCUT2D eigenvalue weighted by atomic mass is 16.3. The van der Waals surface area contributed by atoms with Crippen LogP contribution >= 0.6 is 0 Å². The number of phenols is 1. The van der Waals surface area contributed by atoms with Gasteiger partial charge in [0, 0.05) is 36.1 Å². The number of nitrogens with one attached hydrogen (secondary N) is 2. The van der Waals surface area contributed by atoms with Gasteiger partial charge >= 0.3 is 0 Å². The molecule has 0 saturated carbocycles. The highest BCUT2D eigenvalue weighted by Crippen LogP contribution is 2.24. The zero-order chi connectivity index (χ0) is 20.8. The summed E-state index contributed by atoms with van der Waals surface area (Å²) in [5.41, 5.74) is 3.05. The maximum Gasteiger partial charge on any atom is 0.238 e. The van der Waals surface area contributed by atoms with Crippen LogP contribution in [0.4, 0.5) is 11.4 Å². The third kappa shape index (κ3) is 5.93. The van der Waals surface area contributed by atoms with Gasteiger partial charge in [0.25, 0.3) is 0 Å². The number of piperidine rings is 1. The molecule has 29 heavy (non-hydrogen) atoms. The molecule has 7 heteroatoms. The summed E-state index contributed by atoms with van der Waals surface area (Å²) in [6.07, 6.45) is 1.26. The second-order valence-electron chi connectivity index (χ2n) is 7.54. The van der Waals surface area contributed by atoms with Crippen molar-refractivity contribution in [2.75, 3.05) is 30.3 Å². The Bertz CT molecular complexity index is 815. The summed E-state index contributed by atoms with van der Waals surface area (Å²) in [7, 11) is 0. The molecule has 7 nitrogen and oxygen atoms in total. The van der Waals surface area contributed by atoms with Crippen molar-refractivity contribution in [3.8, 4) is 5.75 Å². The number of hydrogen-bond donors (Lipinski definition) is 5. The molecule has 1 aliphatic heterocycles. The normalized spacial score (nSPS) is 16.4. The van der Waals surface area contributed by atoms with E-state index in [0.29, 0.717) is 12.1 Å². The van der Waals surface area contributed by atoms with Crippen molar-refractivity contribution in [3.05, 3.63) is 53.6 Å². The molecule has 5 N–H and O–H groups in total. The minimum atomic E-state index is -0.523. The number of carbonyl (C=O) groups is 1. The molecule has 1 amide bonds. The van der Waals surface area contributed by atoms with E-state index in [0.717, 1.165) is 42.9 Å². The summed E-state index contributed by atoms with van der Waals surface area (Å²) in [4.78, 5) is 14.4. The van der Waals surface area contributed by atoms with Crippen LogP contribution in [0.3, 0.4) is 0 Å². The van der Waals surface area contributed by atoms with Crippen LogP contribution in [-0.2, 0) is 11.4 Å². The number of nitrogens with zero attached hydrogens (tertiary/aromatic N) is 1. The lowest BCUT2D eigenvalue weighted by atomic mass is 10.0. The van der Waals surface area contributed by atoms with Crippen molar-refractivity contribution < 1.29 is 20.1 Å². The topological polar surface area (TPSA) is 105 Å². The molecule has 2 aromatic rings. The van der Waals surface area contributed by atoms with E-state index in [1.807, 2.05) is 0 Å². The minimum Gasteiger partial charge on any atom is -0.508 e. The number of aromatic hydroxyl groups is 1. The molecule has 0 spiro atoms. The van der Waals surface area contributed by atoms with Crippen LogP contribution in [0.5, 0.6) is 5.75 Å². The van der Waals surface area contributed by atoms with Gasteiger partial charge in [0.2, 0.25) is 5.91 Å². The lowest BCUT2D eigenvalue weighted by molar-refractivity contribution is -0.117. The van der Waals surface area contributed by atoms with Crippen molar-refractivity contribution in [2.45, 2.75) is 38.5 Å². The summed E-state index contributed by atoms with van der Waals surface area (Å²) >= 11 is 0. The second kappa shape index (κ2) is 9.73. The van der Waals surface area contributed by atoms with Gasteiger partial charge in [-0.25, -0.2) is 0 Å². The van der Waals surface area contributed by atoms with Crippen LogP contribution in [0.15, 0.2) is 42.5 Å². The lowest BCUT2D eigenvalue weighted by Crippen LogP contribution is -2.42. The zero-order valence-electron chi connectivity index (χ0n) is 16.6. The first-order chi connectivity index (χ1) is 13.9. The first kappa shape index (κ1) is 21.1. The predicted octanol–water partition coefficient (Wildman–Crippen LogP) is 2.45. The molecule has 0 radical (unpaired) electrons. The molecule has 1 saturated heterocycles. The minimum absolute atomic E-state index is 0.0534. The molecule has 2 aromatic carbocycles. The van der Waals surface area contributed by atoms with Crippen molar-refractivity contribution >= 4 is 17.3 Å². The van der Waals surface area contributed by atoms with Crippen molar-refractivity contribution in [3.63, 3.8) is 0 Å². The number of phenolic OH excluding ortho intramolecular Hbond substituents is 1. The van der Waals surface area contributed by atoms with Crippen LogP contribution in [0, 0.1) is 0 Å². The van der Waals surface area contributed by atoms with Crippen molar-refractivity contribution in [1.82, 2.24) is 4.90 Å². The van der Waals surface area contributed by atoms with E-state index >= 15 is 0 Å². The standard InChI is InChI=1S/C22H29N3O4/c1-15(27)16-2-4-18(5-3-16)24-22(29)13-25-10-8-19(9-11-25)23-21-7-6-20(28)12-17(21)14-26/h2-7,12,15,19,23,26-28H,8-11,13-14H2,1H3,(H,24,29). The van der Waals surface area contributed by atoms with Crippen molar-refractivity contribution in [1.29, 1.82) is 0 Å². The lowest BCUT2D eigenvalue weighted by Gasteiger charge is -2.32. The Balaban J connectivity index is 1.45. The van der Waals surface area contributed by atoms with E-state index in [-0.39, 0.29) is 24.3 Å². The molecule has 1 atom stereocenters. The van der Waals surface area contributed by atoms with Gasteiger partial charge in [0.15, 0.2) is 0 Å². The highest BCUT2D eigenvalue weighted by molar-refractivity contribution is 5.92. The van der Waals surface area contributed by atoms with Crippen LogP contribution in [-0.4, -0.2) is 51.8 Å². The zero-order valence-corrected chi connectivity index (χ0v) is 16.6. The molecular weight excluding hydrogens is 370 g/mol. The number of likely N-dealkylation sites (tertiary alicyclic amines) is 1. The van der Waals surface area contributed by atoms with Crippen LogP contribution in [0.1, 0.15) is 37.0 Å². The van der Waals surface area contributed by atoms with Crippen LogP contribution < -0.4 is 10.6 Å². The Morgan fingerprint density at radius 3 is 2.48 bits per heavy atom. The number of aliphatic hydroxyl groups excluding tert-OH is 2. The van der Waals surface area contributed by atoms with E-state index < -0.39 is 6.10 Å². The third-order valence-corrected chi connectivity index (χ3v) is 5.25. The van der Waals surface area contributed by atoms with E-state index in [9.17, 15) is 20.1 Å². The quantitative estimate of drug-likeness (QED) is 0.458. The monoisotopic (exact) mass is 399 g/mol. The van der Waals surface area contributed by atoms with Gasteiger partial charge < -0.3 is 26.0 Å². The SMILES string of the molecule is CC(O)c1ccc(NC(=O)CN2CCC(Nc3ccc(O)cc3CO)CC2)cc1. The fraction of sp³-hybridized carbons (Fsp3) is 0.409. The first-order valence-corrected chi connectivity index (χ1v) is 9.94. The number of anilines is 2. The van der Waals surface area contributed by atoms with Gasteiger partial charge in [-0.2, -0.15) is 0 Å². The molecule has 0 bridgehead atoms. The number of aliphatic hydroxyl groups is 2. The summed E-state index contributed by atoms with van der Waals surface area (Å²) < 4.78 is 0. The number of rotatable bonds is 7. The van der Waals surface area contributed by atoms with Gasteiger partial charge in [-0.15, -0.1) is 0 Å². The highest BCUT2D eigenvalue weighted by Gasteiger charge is 2.21. The summed E-state index contributed by atoms with van der Waals surface area (Å²) in [5, 5.41) is 34.9. The number of benzene rings is 2. The number of hydrogen-bond acceptors (Lipinski definition) is 6. The Kier molecular flexibility index (Phi) is 7.09. The maximum absolute atomic E-state index is 12.3. The Morgan fingerprint density at radius 1 is 1.17 bits per heavy atom. The first-order valence-electron chi connectivity index (χ1n) is 9.94. The molecule has 0 aromatic heterocycles. The summed E-state index contributed by atoms with van der Waals surface area (Å²) in [5.74, 6) is 0.0863. The average Bonchev–Trinajstić information content (AvgIpc) is 2.71. The largest absolute Gasteiger partial charge is 0.508 e. The Morgan fingerprint density at radius 2 is 1.86 bits per heavy atom. The average molecular weight is 399 g/mol. The molecule has 1 fully saturated rings. The second-order valence-corrected chi connectivity index (χ2v) is 7.54. The molecule has 3 rings (SSSR count). The van der Waals surface area contributed by atoms with E-state index in [4.69, 9.17) is 0 Å². The molecule has 156 valence electrons. The van der Waals surface area contributed by atoms with E-state index in [1.54, 1.807) is 49.4 Å².